The summed E-state index contributed by atoms with van der Waals surface area (Å²) >= 11 is 0. The molecule has 1 aromatic heterocycles. The second-order valence-corrected chi connectivity index (χ2v) is 4.74. The van der Waals surface area contributed by atoms with Gasteiger partial charge in [0.1, 0.15) is 0 Å². The van der Waals surface area contributed by atoms with Crippen LogP contribution in [0.25, 0.3) is 11.3 Å². The molecule has 1 N–H and O–H groups in total. The standard InChI is InChI=1S/C14H17N3O2/c1-9-5-6-10(7-12(9)16(2)3)13-8-11(14(18)19)15-17(13)4/h5-8H,1-4H3,(H,18,19). The third-order valence-corrected chi connectivity index (χ3v) is 3.09. The van der Waals surface area contributed by atoms with Gasteiger partial charge in [0.15, 0.2) is 5.69 Å². The van der Waals surface area contributed by atoms with Crippen LogP contribution >= 0.6 is 0 Å². The van der Waals surface area contributed by atoms with E-state index in [9.17, 15) is 4.79 Å². The number of aromatic carboxylic acids is 1. The summed E-state index contributed by atoms with van der Waals surface area (Å²) in [7, 11) is 5.72. The van der Waals surface area contributed by atoms with Crippen LogP contribution in [0, 0.1) is 6.92 Å². The maximum atomic E-state index is 10.9. The molecule has 0 aliphatic heterocycles. The summed E-state index contributed by atoms with van der Waals surface area (Å²) in [6.45, 7) is 2.05. The number of nitrogens with zero attached hydrogens (tertiary/aromatic N) is 3. The van der Waals surface area contributed by atoms with Gasteiger partial charge in [0, 0.05) is 32.4 Å². The average molecular weight is 259 g/mol. The fourth-order valence-corrected chi connectivity index (χ4v) is 2.09. The number of carboxylic acids is 1. The number of aryl methyl sites for hydroxylation is 2. The van der Waals surface area contributed by atoms with Crippen LogP contribution in [0.15, 0.2) is 24.3 Å². The Morgan fingerprint density at radius 2 is 2.00 bits per heavy atom. The lowest BCUT2D eigenvalue weighted by Gasteiger charge is -2.16. The maximum absolute atomic E-state index is 10.9. The van der Waals surface area contributed by atoms with Gasteiger partial charge in [0.05, 0.1) is 5.69 Å². The highest BCUT2D eigenvalue weighted by atomic mass is 16.4. The molecule has 0 aliphatic carbocycles. The highest BCUT2D eigenvalue weighted by Crippen LogP contribution is 2.27. The lowest BCUT2D eigenvalue weighted by molar-refractivity contribution is 0.0689. The van der Waals surface area contributed by atoms with E-state index in [4.69, 9.17) is 5.11 Å². The van der Waals surface area contributed by atoms with Crippen molar-refractivity contribution in [2.75, 3.05) is 19.0 Å². The molecule has 1 heterocycles. The Hall–Kier alpha value is -2.30. The minimum atomic E-state index is -1.01. The predicted molar refractivity (Wildman–Crippen MR) is 74.7 cm³/mol. The van der Waals surface area contributed by atoms with Crippen LogP contribution in [0.2, 0.25) is 0 Å². The molecule has 5 heteroatoms. The number of anilines is 1. The highest BCUT2D eigenvalue weighted by molar-refractivity contribution is 5.87. The third kappa shape index (κ3) is 2.45. The number of carbonyl (C=O) groups is 1. The van der Waals surface area contributed by atoms with Crippen molar-refractivity contribution in [3.63, 3.8) is 0 Å². The van der Waals surface area contributed by atoms with Gasteiger partial charge in [0.2, 0.25) is 0 Å². The van der Waals surface area contributed by atoms with Gasteiger partial charge in [0.25, 0.3) is 0 Å². The molecule has 0 atom stereocenters. The summed E-state index contributed by atoms with van der Waals surface area (Å²) in [4.78, 5) is 13.0. The van der Waals surface area contributed by atoms with Crippen LogP contribution in [0.1, 0.15) is 16.1 Å². The van der Waals surface area contributed by atoms with E-state index < -0.39 is 5.97 Å². The lowest BCUT2D eigenvalue weighted by Crippen LogP contribution is -2.10. The second-order valence-electron chi connectivity index (χ2n) is 4.74. The first-order valence-electron chi connectivity index (χ1n) is 5.96. The Kier molecular flexibility index (Phi) is 3.29. The topological polar surface area (TPSA) is 58.4 Å². The lowest BCUT2D eigenvalue weighted by atomic mass is 10.1. The van der Waals surface area contributed by atoms with Crippen molar-refractivity contribution in [1.82, 2.24) is 9.78 Å². The van der Waals surface area contributed by atoms with Crippen molar-refractivity contribution < 1.29 is 9.90 Å². The summed E-state index contributed by atoms with van der Waals surface area (Å²) in [5, 5.41) is 13.0. The van der Waals surface area contributed by atoms with E-state index >= 15 is 0 Å². The molecule has 0 radical (unpaired) electrons. The molecule has 0 spiro atoms. The summed E-state index contributed by atoms with van der Waals surface area (Å²) < 4.78 is 1.59. The van der Waals surface area contributed by atoms with Crippen molar-refractivity contribution in [2.45, 2.75) is 6.92 Å². The summed E-state index contributed by atoms with van der Waals surface area (Å²) in [5.74, 6) is -1.01. The molecule has 5 nitrogen and oxygen atoms in total. The summed E-state index contributed by atoms with van der Waals surface area (Å²) in [6.07, 6.45) is 0. The first-order valence-corrected chi connectivity index (χ1v) is 5.96. The van der Waals surface area contributed by atoms with Gasteiger partial charge < -0.3 is 10.0 Å². The zero-order chi connectivity index (χ0) is 14.2. The molecule has 0 bridgehead atoms. The minimum Gasteiger partial charge on any atom is -0.476 e. The van der Waals surface area contributed by atoms with Gasteiger partial charge >= 0.3 is 5.97 Å². The van der Waals surface area contributed by atoms with E-state index in [1.54, 1.807) is 17.8 Å². The number of rotatable bonds is 3. The van der Waals surface area contributed by atoms with Gasteiger partial charge in [-0.15, -0.1) is 0 Å². The predicted octanol–water partition coefficient (Wildman–Crippen LogP) is 2.16. The Bertz CT molecular complexity index is 630. The Morgan fingerprint density at radius 3 is 2.53 bits per heavy atom. The highest BCUT2D eigenvalue weighted by Gasteiger charge is 2.13. The molecule has 0 saturated carbocycles. The van der Waals surface area contributed by atoms with Gasteiger partial charge in [-0.05, 0) is 24.6 Å². The van der Waals surface area contributed by atoms with E-state index in [1.165, 1.54) is 5.56 Å². The molecule has 0 fully saturated rings. The van der Waals surface area contributed by atoms with E-state index in [0.29, 0.717) is 0 Å². The number of aromatic nitrogens is 2. The van der Waals surface area contributed by atoms with Gasteiger partial charge in [-0.1, -0.05) is 12.1 Å². The van der Waals surface area contributed by atoms with Crippen molar-refractivity contribution in [3.8, 4) is 11.3 Å². The average Bonchev–Trinajstić information content (AvgIpc) is 2.72. The molecular weight excluding hydrogens is 242 g/mol. The third-order valence-electron chi connectivity index (χ3n) is 3.09. The van der Waals surface area contributed by atoms with Crippen molar-refractivity contribution in [1.29, 1.82) is 0 Å². The number of hydrogen-bond acceptors (Lipinski definition) is 3. The zero-order valence-corrected chi connectivity index (χ0v) is 11.5. The molecule has 0 unspecified atom stereocenters. The molecule has 0 aliphatic rings. The quantitative estimate of drug-likeness (QED) is 0.917. The maximum Gasteiger partial charge on any atom is 0.356 e. The summed E-state index contributed by atoms with van der Waals surface area (Å²) in [5.41, 5.74) is 4.09. The Morgan fingerprint density at radius 1 is 1.32 bits per heavy atom. The fourth-order valence-electron chi connectivity index (χ4n) is 2.09. The molecular formula is C14H17N3O2. The number of hydrogen-bond donors (Lipinski definition) is 1. The minimum absolute atomic E-state index is 0.0597. The molecule has 100 valence electrons. The molecule has 2 rings (SSSR count). The molecule has 2 aromatic rings. The monoisotopic (exact) mass is 259 g/mol. The Labute approximate surface area is 112 Å². The van der Waals surface area contributed by atoms with Crippen LogP contribution in [-0.2, 0) is 7.05 Å². The van der Waals surface area contributed by atoms with E-state index in [-0.39, 0.29) is 5.69 Å². The van der Waals surface area contributed by atoms with Crippen molar-refractivity contribution >= 4 is 11.7 Å². The van der Waals surface area contributed by atoms with E-state index in [2.05, 4.69) is 5.10 Å². The van der Waals surface area contributed by atoms with Crippen LogP contribution in [0.4, 0.5) is 5.69 Å². The van der Waals surface area contributed by atoms with Gasteiger partial charge in [-0.3, -0.25) is 4.68 Å². The largest absolute Gasteiger partial charge is 0.476 e. The molecule has 1 aromatic carbocycles. The Balaban J connectivity index is 2.53. The van der Waals surface area contributed by atoms with Crippen molar-refractivity contribution in [2.24, 2.45) is 7.05 Å². The number of carboxylic acid groups (broad SMARTS) is 1. The first-order chi connectivity index (χ1) is 8.90. The fraction of sp³-hybridized carbons (Fsp3) is 0.286. The van der Waals surface area contributed by atoms with Crippen LogP contribution < -0.4 is 4.90 Å². The molecule has 19 heavy (non-hydrogen) atoms. The van der Waals surface area contributed by atoms with Gasteiger partial charge in [-0.2, -0.15) is 5.10 Å². The molecule has 0 amide bonds. The number of benzene rings is 1. The second kappa shape index (κ2) is 4.76. The van der Waals surface area contributed by atoms with Crippen LogP contribution in [0.3, 0.4) is 0 Å². The molecule has 0 saturated heterocycles. The first kappa shape index (κ1) is 13.1. The van der Waals surface area contributed by atoms with E-state index in [1.807, 2.05) is 44.1 Å². The SMILES string of the molecule is Cc1ccc(-c2cc(C(=O)O)nn2C)cc1N(C)C. The van der Waals surface area contributed by atoms with Crippen LogP contribution in [0.5, 0.6) is 0 Å². The zero-order valence-electron chi connectivity index (χ0n) is 11.5. The summed E-state index contributed by atoms with van der Waals surface area (Å²) in [6, 6.07) is 7.63. The smallest absolute Gasteiger partial charge is 0.356 e. The van der Waals surface area contributed by atoms with Gasteiger partial charge in [-0.25, -0.2) is 4.79 Å². The van der Waals surface area contributed by atoms with Crippen LogP contribution in [-0.4, -0.2) is 35.0 Å². The van der Waals surface area contributed by atoms with Crippen molar-refractivity contribution in [3.05, 3.63) is 35.5 Å². The van der Waals surface area contributed by atoms with E-state index in [0.717, 1.165) is 16.9 Å². The normalized spacial score (nSPS) is 10.5.